The molecule has 0 bridgehead atoms. The third kappa shape index (κ3) is 35.2. The van der Waals surface area contributed by atoms with Gasteiger partial charge in [-0.25, -0.2) is 0 Å². The number of hydrogen-bond acceptors (Lipinski definition) is 13. The van der Waals surface area contributed by atoms with Crippen molar-refractivity contribution in [2.75, 3.05) is 19.8 Å². The normalized spacial score (nSPS) is 24.4. The van der Waals surface area contributed by atoms with Crippen molar-refractivity contribution >= 4 is 5.91 Å². The summed E-state index contributed by atoms with van der Waals surface area (Å²) in [5.74, 6) is -0.200. The van der Waals surface area contributed by atoms with Crippen molar-refractivity contribution in [2.24, 2.45) is 0 Å². The number of ether oxygens (including phenoxy) is 4. The van der Waals surface area contributed by atoms with Gasteiger partial charge in [0.1, 0.15) is 48.8 Å². The van der Waals surface area contributed by atoms with Crippen LogP contribution in [0.1, 0.15) is 309 Å². The molecule has 0 radical (unpaired) electrons. The van der Waals surface area contributed by atoms with Crippen LogP contribution in [0.15, 0.2) is 0 Å². The number of rotatable bonds is 55. The SMILES string of the molecule is CCCCCCCCCCCCCCCCCCCCCCCCCCCCCCCCCCC(=O)NC(COC1OC(CO)C(OC2OC(CO)C(O)C(O)C2O)C(O)C1O)C(O)CCCCCCCCCCCCCC. The maximum absolute atomic E-state index is 13.3. The molecular formula is C64H125NO13. The molecule has 0 aromatic carbocycles. The van der Waals surface area contributed by atoms with Gasteiger partial charge in [0.15, 0.2) is 12.6 Å². The fourth-order valence-corrected chi connectivity index (χ4v) is 11.5. The van der Waals surface area contributed by atoms with Crippen LogP contribution in [-0.4, -0.2) is 140 Å². The molecule has 2 heterocycles. The third-order valence-electron chi connectivity index (χ3n) is 16.8. The molecule has 0 aliphatic carbocycles. The highest BCUT2D eigenvalue weighted by molar-refractivity contribution is 5.76. The van der Waals surface area contributed by atoms with E-state index < -0.39 is 86.8 Å². The molecule has 78 heavy (non-hydrogen) atoms. The molecule has 9 N–H and O–H groups in total. The van der Waals surface area contributed by atoms with Crippen molar-refractivity contribution in [3.63, 3.8) is 0 Å². The fourth-order valence-electron chi connectivity index (χ4n) is 11.5. The number of hydrogen-bond donors (Lipinski definition) is 9. The Hall–Kier alpha value is -1.01. The molecule has 0 aromatic rings. The summed E-state index contributed by atoms with van der Waals surface area (Å²) in [5, 5.41) is 87.2. The van der Waals surface area contributed by atoms with E-state index in [0.29, 0.717) is 12.8 Å². The van der Waals surface area contributed by atoms with Crippen molar-refractivity contribution in [3.8, 4) is 0 Å². The zero-order chi connectivity index (χ0) is 56.7. The maximum Gasteiger partial charge on any atom is 0.220 e. The molecular weight excluding hydrogens is 991 g/mol. The minimum absolute atomic E-state index is 0.200. The van der Waals surface area contributed by atoms with E-state index in [1.807, 2.05) is 0 Å². The van der Waals surface area contributed by atoms with E-state index in [1.54, 1.807) is 0 Å². The molecule has 2 fully saturated rings. The summed E-state index contributed by atoms with van der Waals surface area (Å²) in [6.45, 7) is 2.89. The van der Waals surface area contributed by atoms with Crippen LogP contribution in [0.25, 0.3) is 0 Å². The number of amides is 1. The minimum Gasteiger partial charge on any atom is -0.394 e. The summed E-state index contributed by atoms with van der Waals surface area (Å²) in [6.07, 6.45) is 41.4. The number of carbonyl (C=O) groups is 1. The Morgan fingerprint density at radius 2 is 0.731 bits per heavy atom. The summed E-state index contributed by atoms with van der Waals surface area (Å²) in [4.78, 5) is 13.3. The van der Waals surface area contributed by atoms with E-state index in [0.717, 1.165) is 51.4 Å². The second-order valence-electron chi connectivity index (χ2n) is 24.0. The quantitative estimate of drug-likeness (QED) is 0.0259. The van der Waals surface area contributed by atoms with Crippen molar-refractivity contribution in [1.82, 2.24) is 5.32 Å². The predicted octanol–water partition coefficient (Wildman–Crippen LogP) is 12.5. The van der Waals surface area contributed by atoms with Crippen LogP contribution < -0.4 is 5.32 Å². The van der Waals surface area contributed by atoms with Gasteiger partial charge in [-0.3, -0.25) is 4.79 Å². The van der Waals surface area contributed by atoms with Crippen LogP contribution >= 0.6 is 0 Å². The highest BCUT2D eigenvalue weighted by atomic mass is 16.7. The van der Waals surface area contributed by atoms with Crippen LogP contribution in [-0.2, 0) is 23.7 Å². The Labute approximate surface area is 476 Å². The number of carbonyl (C=O) groups excluding carboxylic acids is 1. The summed E-state index contributed by atoms with van der Waals surface area (Å²) in [5.41, 5.74) is 0. The van der Waals surface area contributed by atoms with Gasteiger partial charge in [0.2, 0.25) is 5.91 Å². The summed E-state index contributed by atoms with van der Waals surface area (Å²) < 4.78 is 22.8. The Kier molecular flexibility index (Phi) is 47.3. The number of unbranched alkanes of at least 4 members (excludes halogenated alkanes) is 42. The zero-order valence-corrected chi connectivity index (χ0v) is 50.2. The van der Waals surface area contributed by atoms with Gasteiger partial charge >= 0.3 is 0 Å². The fraction of sp³-hybridized carbons (Fsp3) is 0.984. The van der Waals surface area contributed by atoms with Crippen molar-refractivity contribution in [2.45, 2.75) is 383 Å². The van der Waals surface area contributed by atoms with E-state index >= 15 is 0 Å². The molecule has 0 spiro atoms. The summed E-state index contributed by atoms with van der Waals surface area (Å²) >= 11 is 0. The lowest BCUT2D eigenvalue weighted by Crippen LogP contribution is -2.65. The molecule has 12 atom stereocenters. The van der Waals surface area contributed by atoms with Gasteiger partial charge in [-0.15, -0.1) is 0 Å². The van der Waals surface area contributed by atoms with Gasteiger partial charge in [0, 0.05) is 6.42 Å². The Morgan fingerprint density at radius 1 is 0.410 bits per heavy atom. The van der Waals surface area contributed by atoms with Crippen LogP contribution in [0, 0.1) is 0 Å². The first-order chi connectivity index (χ1) is 38.1. The van der Waals surface area contributed by atoms with E-state index in [1.165, 1.54) is 231 Å². The average Bonchev–Trinajstić information content (AvgIpc) is 3.46. The van der Waals surface area contributed by atoms with Gasteiger partial charge in [-0.1, -0.05) is 290 Å². The largest absolute Gasteiger partial charge is 0.394 e. The van der Waals surface area contributed by atoms with E-state index in [9.17, 15) is 45.6 Å². The second kappa shape index (κ2) is 50.5. The molecule has 12 unspecified atom stereocenters. The van der Waals surface area contributed by atoms with Gasteiger partial charge < -0.3 is 65.1 Å². The topological polar surface area (TPSA) is 228 Å². The van der Waals surface area contributed by atoms with Crippen LogP contribution in [0.5, 0.6) is 0 Å². The van der Waals surface area contributed by atoms with Gasteiger partial charge in [-0.05, 0) is 12.8 Å². The standard InChI is InChI=1S/C64H125NO13/c1-3-5-7-9-11-13-15-17-18-19-20-21-22-23-24-25-26-27-28-29-30-31-32-33-34-35-36-38-40-42-44-46-48-56(69)65-52(53(68)47-45-43-41-39-37-16-14-12-10-8-6-4-2)51-75-63-61(74)59(72)62(55(50-67)77-63)78-64-60(73)58(71)57(70)54(49-66)76-64/h52-55,57-64,66-68,70-74H,3-51H2,1-2H3,(H,65,69). The lowest BCUT2D eigenvalue weighted by atomic mass is 9.97. The van der Waals surface area contributed by atoms with Crippen molar-refractivity contribution in [3.05, 3.63) is 0 Å². The van der Waals surface area contributed by atoms with Gasteiger partial charge in [0.05, 0.1) is 32.0 Å². The first kappa shape index (κ1) is 73.1. The summed E-state index contributed by atoms with van der Waals surface area (Å²) in [6, 6.07) is -0.822. The molecule has 1 amide bonds. The summed E-state index contributed by atoms with van der Waals surface area (Å²) in [7, 11) is 0. The molecule has 0 aromatic heterocycles. The van der Waals surface area contributed by atoms with E-state index in [-0.39, 0.29) is 12.5 Å². The maximum atomic E-state index is 13.3. The minimum atomic E-state index is -1.78. The first-order valence-electron chi connectivity index (χ1n) is 33.3. The van der Waals surface area contributed by atoms with Crippen molar-refractivity contribution < 1.29 is 64.6 Å². The highest BCUT2D eigenvalue weighted by Crippen LogP contribution is 2.30. The lowest BCUT2D eigenvalue weighted by Gasteiger charge is -2.46. The zero-order valence-electron chi connectivity index (χ0n) is 50.2. The van der Waals surface area contributed by atoms with Crippen LogP contribution in [0.2, 0.25) is 0 Å². The van der Waals surface area contributed by atoms with Gasteiger partial charge in [-0.2, -0.15) is 0 Å². The molecule has 2 saturated heterocycles. The lowest BCUT2D eigenvalue weighted by molar-refractivity contribution is -0.359. The first-order valence-corrected chi connectivity index (χ1v) is 33.3. The Morgan fingerprint density at radius 3 is 1.09 bits per heavy atom. The molecule has 464 valence electrons. The van der Waals surface area contributed by atoms with Gasteiger partial charge in [0.25, 0.3) is 0 Å². The Balaban J connectivity index is 1.59. The van der Waals surface area contributed by atoms with E-state index in [4.69, 9.17) is 18.9 Å². The Bertz CT molecular complexity index is 1310. The predicted molar refractivity (Wildman–Crippen MR) is 314 cm³/mol. The van der Waals surface area contributed by atoms with Crippen LogP contribution in [0.4, 0.5) is 0 Å². The smallest absolute Gasteiger partial charge is 0.220 e. The monoisotopic (exact) mass is 1120 g/mol. The number of aliphatic hydroxyl groups is 8. The molecule has 0 saturated carbocycles. The average molecular weight is 1120 g/mol. The number of aliphatic hydroxyl groups excluding tert-OH is 8. The highest BCUT2D eigenvalue weighted by Gasteiger charge is 2.51. The molecule has 2 rings (SSSR count). The molecule has 14 nitrogen and oxygen atoms in total. The van der Waals surface area contributed by atoms with E-state index in [2.05, 4.69) is 19.2 Å². The van der Waals surface area contributed by atoms with Crippen LogP contribution in [0.3, 0.4) is 0 Å². The molecule has 14 heteroatoms. The molecule has 2 aliphatic heterocycles. The van der Waals surface area contributed by atoms with Crippen molar-refractivity contribution in [1.29, 1.82) is 0 Å². The third-order valence-corrected chi connectivity index (χ3v) is 16.8. The second-order valence-corrected chi connectivity index (χ2v) is 24.0. The number of nitrogens with one attached hydrogen (secondary N) is 1. The molecule has 2 aliphatic rings.